The minimum atomic E-state index is 0.363. The summed E-state index contributed by atoms with van der Waals surface area (Å²) in [6.07, 6.45) is 1.28. The van der Waals surface area contributed by atoms with E-state index in [4.69, 9.17) is 5.84 Å². The molecule has 62 valence electrons. The van der Waals surface area contributed by atoms with Gasteiger partial charge in [0.2, 0.25) is 0 Å². The topological polar surface area (TPSA) is 72.2 Å². The van der Waals surface area contributed by atoms with E-state index in [2.05, 4.69) is 5.43 Å². The SMILES string of the molecule is NNc1c(C=O)cccc1C=O. The van der Waals surface area contributed by atoms with E-state index in [0.717, 1.165) is 0 Å². The zero-order chi connectivity index (χ0) is 8.97. The van der Waals surface area contributed by atoms with Crippen LogP contribution < -0.4 is 11.3 Å². The van der Waals surface area contributed by atoms with Gasteiger partial charge >= 0.3 is 0 Å². The van der Waals surface area contributed by atoms with Crippen LogP contribution in [0.1, 0.15) is 20.7 Å². The molecule has 0 aliphatic heterocycles. The number of nitrogens with two attached hydrogens (primary N) is 1. The number of hydrogen-bond acceptors (Lipinski definition) is 4. The van der Waals surface area contributed by atoms with Gasteiger partial charge in [-0.1, -0.05) is 6.07 Å². The van der Waals surface area contributed by atoms with Crippen LogP contribution in [0.25, 0.3) is 0 Å². The molecule has 1 rings (SSSR count). The molecule has 3 N–H and O–H groups in total. The zero-order valence-corrected chi connectivity index (χ0v) is 6.28. The number of aldehydes is 2. The number of para-hydroxylation sites is 1. The lowest BCUT2D eigenvalue weighted by atomic mass is 10.1. The Balaban J connectivity index is 3.30. The summed E-state index contributed by atoms with van der Waals surface area (Å²) in [6.45, 7) is 0. The van der Waals surface area contributed by atoms with Gasteiger partial charge in [-0.3, -0.25) is 15.4 Å². The third-order valence-corrected chi connectivity index (χ3v) is 1.53. The van der Waals surface area contributed by atoms with Crippen molar-refractivity contribution < 1.29 is 9.59 Å². The number of hydrogen-bond donors (Lipinski definition) is 2. The van der Waals surface area contributed by atoms with Crippen LogP contribution in [-0.2, 0) is 0 Å². The molecule has 0 unspecified atom stereocenters. The molecule has 0 radical (unpaired) electrons. The molecule has 0 aliphatic carbocycles. The van der Waals surface area contributed by atoms with Crippen molar-refractivity contribution >= 4 is 18.3 Å². The maximum atomic E-state index is 10.4. The lowest BCUT2D eigenvalue weighted by molar-refractivity contribution is 0.112. The van der Waals surface area contributed by atoms with E-state index in [0.29, 0.717) is 29.4 Å². The van der Waals surface area contributed by atoms with Crippen molar-refractivity contribution in [3.8, 4) is 0 Å². The molecule has 4 nitrogen and oxygen atoms in total. The zero-order valence-electron chi connectivity index (χ0n) is 6.28. The van der Waals surface area contributed by atoms with Crippen molar-refractivity contribution in [3.05, 3.63) is 29.3 Å². The second-order valence-corrected chi connectivity index (χ2v) is 2.19. The third-order valence-electron chi connectivity index (χ3n) is 1.53. The molecule has 4 heteroatoms. The van der Waals surface area contributed by atoms with Crippen LogP contribution in [0, 0.1) is 0 Å². The molecule has 0 saturated heterocycles. The summed E-state index contributed by atoms with van der Waals surface area (Å²) in [5.74, 6) is 5.13. The first-order chi connectivity index (χ1) is 5.83. The number of carbonyl (C=O) groups excluding carboxylic acids is 2. The highest BCUT2D eigenvalue weighted by Crippen LogP contribution is 2.16. The monoisotopic (exact) mass is 164 g/mol. The molecule has 0 atom stereocenters. The fraction of sp³-hybridized carbons (Fsp3) is 0. The number of rotatable bonds is 3. The lowest BCUT2D eigenvalue weighted by Crippen LogP contribution is -2.11. The van der Waals surface area contributed by atoms with Gasteiger partial charge in [-0.05, 0) is 12.1 Å². The van der Waals surface area contributed by atoms with Gasteiger partial charge in [-0.2, -0.15) is 0 Å². The Morgan fingerprint density at radius 2 is 1.67 bits per heavy atom. The standard InChI is InChI=1S/C8H8N2O2/c9-10-8-6(4-11)2-1-3-7(8)5-12/h1-5,10H,9H2. The van der Waals surface area contributed by atoms with Crippen molar-refractivity contribution in [1.82, 2.24) is 0 Å². The van der Waals surface area contributed by atoms with E-state index < -0.39 is 0 Å². The van der Waals surface area contributed by atoms with Crippen molar-refractivity contribution in [2.24, 2.45) is 5.84 Å². The third kappa shape index (κ3) is 1.33. The Morgan fingerprint density at radius 3 is 2.00 bits per heavy atom. The summed E-state index contributed by atoms with van der Waals surface area (Å²) >= 11 is 0. The van der Waals surface area contributed by atoms with Crippen molar-refractivity contribution in [2.75, 3.05) is 5.43 Å². The van der Waals surface area contributed by atoms with Crippen molar-refractivity contribution in [1.29, 1.82) is 0 Å². The van der Waals surface area contributed by atoms with Crippen LogP contribution >= 0.6 is 0 Å². The quantitative estimate of drug-likeness (QED) is 0.389. The highest BCUT2D eigenvalue weighted by atomic mass is 16.1. The number of carbonyl (C=O) groups is 2. The van der Waals surface area contributed by atoms with E-state index in [1.807, 2.05) is 0 Å². The van der Waals surface area contributed by atoms with E-state index in [-0.39, 0.29) is 0 Å². The number of hydrazine groups is 1. The fourth-order valence-electron chi connectivity index (χ4n) is 0.952. The van der Waals surface area contributed by atoms with Gasteiger partial charge in [-0.25, -0.2) is 0 Å². The summed E-state index contributed by atoms with van der Waals surface area (Å²) < 4.78 is 0. The van der Waals surface area contributed by atoms with Crippen molar-refractivity contribution in [2.45, 2.75) is 0 Å². The normalized spacial score (nSPS) is 9.08. The molecule has 0 spiro atoms. The second-order valence-electron chi connectivity index (χ2n) is 2.19. The van der Waals surface area contributed by atoms with Crippen LogP contribution in [0.3, 0.4) is 0 Å². The Labute approximate surface area is 69.3 Å². The molecular weight excluding hydrogens is 156 g/mol. The van der Waals surface area contributed by atoms with Gasteiger partial charge in [-0.15, -0.1) is 0 Å². The number of nitrogens with one attached hydrogen (secondary N) is 1. The van der Waals surface area contributed by atoms with Gasteiger partial charge in [0, 0.05) is 11.1 Å². The Hall–Kier alpha value is -1.68. The average molecular weight is 164 g/mol. The summed E-state index contributed by atoms with van der Waals surface area (Å²) in [5.41, 5.74) is 3.42. The molecule has 1 aromatic rings. The highest BCUT2D eigenvalue weighted by Gasteiger charge is 2.04. The first kappa shape index (κ1) is 8.42. The Bertz CT molecular complexity index is 284. The van der Waals surface area contributed by atoms with Gasteiger partial charge in [0.25, 0.3) is 0 Å². The molecule has 0 aliphatic rings. The summed E-state index contributed by atoms with van der Waals surface area (Å²) in [4.78, 5) is 20.9. The molecule has 0 fully saturated rings. The minimum absolute atomic E-state index is 0.363. The lowest BCUT2D eigenvalue weighted by Gasteiger charge is -2.04. The van der Waals surface area contributed by atoms with Crippen LogP contribution in [0.2, 0.25) is 0 Å². The second kappa shape index (κ2) is 3.64. The summed E-state index contributed by atoms with van der Waals surface area (Å²) in [5, 5.41) is 0. The molecule has 0 aromatic heterocycles. The summed E-state index contributed by atoms with van der Waals surface area (Å²) in [7, 11) is 0. The van der Waals surface area contributed by atoms with E-state index >= 15 is 0 Å². The Kier molecular flexibility index (Phi) is 2.55. The predicted octanol–water partition coefficient (Wildman–Crippen LogP) is 0.597. The van der Waals surface area contributed by atoms with Crippen LogP contribution in [0.4, 0.5) is 5.69 Å². The maximum absolute atomic E-state index is 10.4. The molecule has 0 heterocycles. The molecule has 12 heavy (non-hydrogen) atoms. The van der Waals surface area contributed by atoms with Crippen molar-refractivity contribution in [3.63, 3.8) is 0 Å². The molecule has 0 bridgehead atoms. The highest BCUT2D eigenvalue weighted by molar-refractivity contribution is 5.93. The maximum Gasteiger partial charge on any atom is 0.152 e. The largest absolute Gasteiger partial charge is 0.323 e. The van der Waals surface area contributed by atoms with Crippen LogP contribution in [-0.4, -0.2) is 12.6 Å². The molecule has 1 aromatic carbocycles. The molecule has 0 amide bonds. The number of benzene rings is 1. The first-order valence-corrected chi connectivity index (χ1v) is 3.33. The van der Waals surface area contributed by atoms with Crippen LogP contribution in [0.5, 0.6) is 0 Å². The predicted molar refractivity (Wildman–Crippen MR) is 45.0 cm³/mol. The molecule has 0 saturated carbocycles. The van der Waals surface area contributed by atoms with E-state index in [1.54, 1.807) is 18.2 Å². The smallest absolute Gasteiger partial charge is 0.152 e. The average Bonchev–Trinajstić information content (AvgIpc) is 2.16. The van der Waals surface area contributed by atoms with Gasteiger partial charge in [0.1, 0.15) is 0 Å². The Morgan fingerprint density at radius 1 is 1.17 bits per heavy atom. The first-order valence-electron chi connectivity index (χ1n) is 3.33. The van der Waals surface area contributed by atoms with Crippen LogP contribution in [0.15, 0.2) is 18.2 Å². The van der Waals surface area contributed by atoms with Gasteiger partial charge in [0.05, 0.1) is 5.69 Å². The molecular formula is C8H8N2O2. The van der Waals surface area contributed by atoms with E-state index in [1.165, 1.54) is 0 Å². The number of anilines is 1. The van der Waals surface area contributed by atoms with E-state index in [9.17, 15) is 9.59 Å². The van der Waals surface area contributed by atoms with Gasteiger partial charge < -0.3 is 5.43 Å². The summed E-state index contributed by atoms with van der Waals surface area (Å²) in [6, 6.07) is 4.78. The van der Waals surface area contributed by atoms with Gasteiger partial charge in [0.15, 0.2) is 12.6 Å². The number of nitrogen functional groups attached to an aromatic ring is 1. The fourth-order valence-corrected chi connectivity index (χ4v) is 0.952. The minimum Gasteiger partial charge on any atom is -0.323 e.